The van der Waals surface area contributed by atoms with E-state index in [0.717, 1.165) is 29.8 Å². The number of rotatable bonds is 2. The van der Waals surface area contributed by atoms with Gasteiger partial charge in [0.25, 0.3) is 0 Å². The summed E-state index contributed by atoms with van der Waals surface area (Å²) in [7, 11) is 0. The molecule has 5 heteroatoms. The first-order valence-electron chi connectivity index (χ1n) is 4.58. The number of nitrogens with two attached hydrogens (primary N) is 1. The fourth-order valence-corrected chi connectivity index (χ4v) is 2.11. The van der Waals surface area contributed by atoms with Crippen LogP contribution in [0.4, 0.5) is 0 Å². The van der Waals surface area contributed by atoms with Crippen LogP contribution in [0.25, 0.3) is 0 Å². The molecule has 2 unspecified atom stereocenters. The molecular weight excluding hydrogens is 246 g/mol. The summed E-state index contributed by atoms with van der Waals surface area (Å²) < 4.78 is 6.18. The number of halogens is 1. The molecule has 1 fully saturated rings. The van der Waals surface area contributed by atoms with E-state index in [1.54, 1.807) is 6.20 Å². The van der Waals surface area contributed by atoms with Crippen LogP contribution >= 0.6 is 15.9 Å². The minimum absolute atomic E-state index is 0.0603. The van der Waals surface area contributed by atoms with Gasteiger partial charge < -0.3 is 10.5 Å². The van der Waals surface area contributed by atoms with Crippen LogP contribution in [0.1, 0.15) is 18.2 Å². The minimum atomic E-state index is -0.0603. The molecule has 1 saturated heterocycles. The van der Waals surface area contributed by atoms with Gasteiger partial charge in [0.1, 0.15) is 6.33 Å². The van der Waals surface area contributed by atoms with E-state index in [2.05, 4.69) is 25.9 Å². The van der Waals surface area contributed by atoms with Crippen molar-refractivity contribution in [2.24, 2.45) is 11.7 Å². The lowest BCUT2D eigenvalue weighted by Gasteiger charge is -2.17. The van der Waals surface area contributed by atoms with Crippen molar-refractivity contribution in [3.8, 4) is 0 Å². The van der Waals surface area contributed by atoms with Gasteiger partial charge in [-0.25, -0.2) is 9.97 Å². The second kappa shape index (κ2) is 4.33. The third kappa shape index (κ3) is 1.94. The fourth-order valence-electron chi connectivity index (χ4n) is 1.63. The van der Waals surface area contributed by atoms with Crippen molar-refractivity contribution in [1.29, 1.82) is 0 Å². The second-order valence-corrected chi connectivity index (χ2v) is 4.26. The summed E-state index contributed by atoms with van der Waals surface area (Å²) in [6, 6.07) is -0.0603. The van der Waals surface area contributed by atoms with Crippen LogP contribution in [0.15, 0.2) is 17.0 Å². The molecule has 0 aliphatic carbocycles. The van der Waals surface area contributed by atoms with Crippen molar-refractivity contribution < 1.29 is 4.74 Å². The molecule has 1 aromatic heterocycles. The lowest BCUT2D eigenvalue weighted by atomic mass is 9.97. The first kappa shape index (κ1) is 10.0. The van der Waals surface area contributed by atoms with Gasteiger partial charge in [0.2, 0.25) is 0 Å². The number of nitrogens with zero attached hydrogens (tertiary/aromatic N) is 2. The Kier molecular flexibility index (Phi) is 3.10. The van der Waals surface area contributed by atoms with Crippen LogP contribution < -0.4 is 5.73 Å². The van der Waals surface area contributed by atoms with E-state index in [1.165, 1.54) is 6.33 Å². The molecule has 0 spiro atoms. The van der Waals surface area contributed by atoms with Crippen LogP contribution in [-0.2, 0) is 4.74 Å². The van der Waals surface area contributed by atoms with Crippen molar-refractivity contribution in [3.63, 3.8) is 0 Å². The van der Waals surface area contributed by atoms with Crippen molar-refractivity contribution in [1.82, 2.24) is 9.97 Å². The predicted octanol–water partition coefficient (Wildman–Crippen LogP) is 1.28. The van der Waals surface area contributed by atoms with E-state index < -0.39 is 0 Å². The maximum Gasteiger partial charge on any atom is 0.115 e. The normalized spacial score (nSPS) is 23.7. The molecule has 0 radical (unpaired) electrons. The van der Waals surface area contributed by atoms with Crippen LogP contribution in [0.2, 0.25) is 0 Å². The van der Waals surface area contributed by atoms with Gasteiger partial charge in [-0.2, -0.15) is 0 Å². The van der Waals surface area contributed by atoms with E-state index in [9.17, 15) is 0 Å². The molecule has 1 aromatic rings. The van der Waals surface area contributed by atoms with E-state index in [1.807, 2.05) is 0 Å². The monoisotopic (exact) mass is 257 g/mol. The molecule has 2 rings (SSSR count). The molecule has 0 amide bonds. The van der Waals surface area contributed by atoms with E-state index in [4.69, 9.17) is 10.5 Å². The van der Waals surface area contributed by atoms with Crippen molar-refractivity contribution >= 4 is 15.9 Å². The number of hydrogen-bond acceptors (Lipinski definition) is 4. The molecule has 14 heavy (non-hydrogen) atoms. The van der Waals surface area contributed by atoms with Crippen LogP contribution in [0, 0.1) is 5.92 Å². The van der Waals surface area contributed by atoms with Gasteiger partial charge in [0, 0.05) is 18.7 Å². The van der Waals surface area contributed by atoms with E-state index in [0.29, 0.717) is 5.92 Å². The third-order valence-electron chi connectivity index (χ3n) is 2.48. The standard InChI is InChI=1S/C9H12BrN3O/c10-7-3-12-5-13-9(7)8(11)6-1-2-14-4-6/h3,5-6,8H,1-2,4,11H2. The summed E-state index contributed by atoms with van der Waals surface area (Å²) in [6.45, 7) is 1.54. The zero-order valence-corrected chi connectivity index (χ0v) is 9.27. The summed E-state index contributed by atoms with van der Waals surface area (Å²) in [5.74, 6) is 0.376. The molecule has 2 heterocycles. The topological polar surface area (TPSA) is 61.0 Å². The molecule has 2 N–H and O–H groups in total. The Balaban J connectivity index is 2.17. The van der Waals surface area contributed by atoms with Gasteiger partial charge >= 0.3 is 0 Å². The van der Waals surface area contributed by atoms with Crippen molar-refractivity contribution in [3.05, 3.63) is 22.7 Å². The van der Waals surface area contributed by atoms with Gasteiger partial charge in [-0.15, -0.1) is 0 Å². The number of aromatic nitrogens is 2. The quantitative estimate of drug-likeness (QED) is 0.867. The molecule has 76 valence electrons. The van der Waals surface area contributed by atoms with Gasteiger partial charge in [-0.3, -0.25) is 0 Å². The average Bonchev–Trinajstić information content (AvgIpc) is 2.70. The van der Waals surface area contributed by atoms with Gasteiger partial charge in [0.15, 0.2) is 0 Å². The summed E-state index contributed by atoms with van der Waals surface area (Å²) >= 11 is 3.40. The largest absolute Gasteiger partial charge is 0.381 e. The van der Waals surface area contributed by atoms with Crippen molar-refractivity contribution in [2.45, 2.75) is 12.5 Å². The molecule has 2 atom stereocenters. The summed E-state index contributed by atoms with van der Waals surface area (Å²) in [6.07, 6.45) is 4.26. The highest BCUT2D eigenvalue weighted by Gasteiger charge is 2.26. The average molecular weight is 258 g/mol. The molecule has 4 nitrogen and oxygen atoms in total. The Morgan fingerprint density at radius 1 is 1.64 bits per heavy atom. The Hall–Kier alpha value is -0.520. The van der Waals surface area contributed by atoms with E-state index >= 15 is 0 Å². The van der Waals surface area contributed by atoms with E-state index in [-0.39, 0.29) is 6.04 Å². The summed E-state index contributed by atoms with van der Waals surface area (Å²) in [4.78, 5) is 8.09. The zero-order valence-electron chi connectivity index (χ0n) is 7.69. The zero-order chi connectivity index (χ0) is 9.97. The van der Waals surface area contributed by atoms with Crippen LogP contribution in [0.3, 0.4) is 0 Å². The number of hydrogen-bond donors (Lipinski definition) is 1. The molecule has 0 saturated carbocycles. The first-order chi connectivity index (χ1) is 6.79. The van der Waals surface area contributed by atoms with Gasteiger partial charge in [0.05, 0.1) is 22.8 Å². The SMILES string of the molecule is NC(c1ncncc1Br)C1CCOC1. The van der Waals surface area contributed by atoms with Crippen molar-refractivity contribution in [2.75, 3.05) is 13.2 Å². The third-order valence-corrected chi connectivity index (χ3v) is 3.10. The van der Waals surface area contributed by atoms with Crippen LogP contribution in [0.5, 0.6) is 0 Å². The first-order valence-corrected chi connectivity index (χ1v) is 5.37. The Labute approximate surface area is 91.0 Å². The van der Waals surface area contributed by atoms with Crippen LogP contribution in [-0.4, -0.2) is 23.2 Å². The molecular formula is C9H12BrN3O. The summed E-state index contributed by atoms with van der Waals surface area (Å²) in [5, 5.41) is 0. The highest BCUT2D eigenvalue weighted by Crippen LogP contribution is 2.28. The smallest absolute Gasteiger partial charge is 0.115 e. The Morgan fingerprint density at radius 3 is 3.14 bits per heavy atom. The Morgan fingerprint density at radius 2 is 2.50 bits per heavy atom. The lowest BCUT2D eigenvalue weighted by Crippen LogP contribution is -2.23. The predicted molar refractivity (Wildman–Crippen MR) is 55.6 cm³/mol. The highest BCUT2D eigenvalue weighted by atomic mass is 79.9. The summed E-state index contributed by atoms with van der Waals surface area (Å²) in [5.41, 5.74) is 6.97. The maximum absolute atomic E-state index is 6.10. The minimum Gasteiger partial charge on any atom is -0.381 e. The number of ether oxygens (including phenoxy) is 1. The Bertz CT molecular complexity index is 315. The molecule has 0 aromatic carbocycles. The lowest BCUT2D eigenvalue weighted by molar-refractivity contribution is 0.180. The molecule has 1 aliphatic rings. The maximum atomic E-state index is 6.10. The molecule has 0 bridgehead atoms. The fraction of sp³-hybridized carbons (Fsp3) is 0.556. The highest BCUT2D eigenvalue weighted by molar-refractivity contribution is 9.10. The second-order valence-electron chi connectivity index (χ2n) is 3.41. The van der Waals surface area contributed by atoms with Gasteiger partial charge in [-0.1, -0.05) is 0 Å². The van der Waals surface area contributed by atoms with Gasteiger partial charge in [-0.05, 0) is 22.4 Å². The molecule has 1 aliphatic heterocycles.